The van der Waals surface area contributed by atoms with Crippen molar-refractivity contribution in [3.05, 3.63) is 70.5 Å². The average Bonchev–Trinajstić information content (AvgIpc) is 3.31. The smallest absolute Gasteiger partial charge is 0.283 e. The fourth-order valence-electron chi connectivity index (χ4n) is 2.74. The van der Waals surface area contributed by atoms with Crippen molar-refractivity contribution in [3.63, 3.8) is 0 Å². The number of amides is 1. The lowest BCUT2D eigenvalue weighted by Gasteiger charge is -2.06. The van der Waals surface area contributed by atoms with Crippen molar-refractivity contribution in [2.45, 2.75) is 5.03 Å². The summed E-state index contributed by atoms with van der Waals surface area (Å²) in [5, 5.41) is 5.00. The van der Waals surface area contributed by atoms with Crippen LogP contribution in [0.1, 0.15) is 10.5 Å². The van der Waals surface area contributed by atoms with E-state index in [0.29, 0.717) is 32.4 Å². The highest BCUT2D eigenvalue weighted by atomic mass is 35.5. The molecule has 0 bridgehead atoms. The zero-order valence-electron chi connectivity index (χ0n) is 15.4. The van der Waals surface area contributed by atoms with Crippen LogP contribution in [0.3, 0.4) is 0 Å². The molecule has 4 rings (SSSR count). The maximum Gasteiger partial charge on any atom is 0.283 e. The molecule has 8 nitrogen and oxygen atoms in total. The minimum absolute atomic E-state index is 0.0798. The summed E-state index contributed by atoms with van der Waals surface area (Å²) in [5.41, 5.74) is 0.716. The van der Waals surface area contributed by atoms with Crippen LogP contribution in [0.25, 0.3) is 10.9 Å². The summed E-state index contributed by atoms with van der Waals surface area (Å²) in [6.45, 7) is 0. The lowest BCUT2D eigenvalue weighted by atomic mass is 10.2. The molecule has 0 fully saturated rings. The molecule has 2 heterocycles. The zero-order valence-corrected chi connectivity index (χ0v) is 17.7. The van der Waals surface area contributed by atoms with Crippen LogP contribution in [0, 0.1) is 0 Å². The average molecular weight is 465 g/mol. The van der Waals surface area contributed by atoms with Crippen LogP contribution in [-0.2, 0) is 17.1 Å². The van der Waals surface area contributed by atoms with Gasteiger partial charge in [0.05, 0.1) is 10.0 Å². The first-order valence-corrected chi connectivity index (χ1v) is 10.8. The van der Waals surface area contributed by atoms with E-state index >= 15 is 0 Å². The third-order valence-electron chi connectivity index (χ3n) is 4.16. The van der Waals surface area contributed by atoms with Crippen LogP contribution in [0.15, 0.2) is 59.8 Å². The van der Waals surface area contributed by atoms with Crippen molar-refractivity contribution in [2.75, 3.05) is 0 Å². The molecule has 154 valence electrons. The number of aryl methyl sites for hydroxylation is 1. The number of hydrogen-bond donors (Lipinski definition) is 2. The number of ether oxygens (including phenoxy) is 1. The molecule has 0 aliphatic rings. The maximum absolute atomic E-state index is 12.4. The number of carbonyl (C=O) groups excluding carboxylic acids is 1. The minimum atomic E-state index is -4.08. The summed E-state index contributed by atoms with van der Waals surface area (Å²) in [4.78, 5) is 15.3. The van der Waals surface area contributed by atoms with E-state index in [4.69, 9.17) is 27.9 Å². The molecular weight excluding hydrogens is 451 g/mol. The normalized spacial score (nSPS) is 11.6. The Bertz CT molecular complexity index is 1380. The fraction of sp³-hybridized carbons (Fsp3) is 0.0526. The first-order chi connectivity index (χ1) is 14.2. The molecule has 1 amide bonds. The predicted octanol–water partition coefficient (Wildman–Crippen LogP) is 4.12. The Morgan fingerprint density at radius 2 is 1.80 bits per heavy atom. The fourth-order valence-corrected chi connectivity index (χ4v) is 3.96. The van der Waals surface area contributed by atoms with E-state index in [-0.39, 0.29) is 10.7 Å². The van der Waals surface area contributed by atoms with Crippen LogP contribution in [0.5, 0.6) is 11.5 Å². The molecule has 0 aliphatic heterocycles. The number of rotatable bonds is 5. The molecule has 0 saturated heterocycles. The number of benzene rings is 2. The van der Waals surface area contributed by atoms with Crippen molar-refractivity contribution in [1.82, 2.24) is 19.5 Å². The third kappa shape index (κ3) is 4.13. The molecule has 0 atom stereocenters. The zero-order chi connectivity index (χ0) is 21.5. The number of halogens is 2. The standard InChI is InChI=1S/C19H14Cl2N4O4S/c1-25-7-6-18(23-25)30(27,28)24-19(26)17-9-11-8-12(3-5-16(11)22-17)29-13-2-4-14(20)15(21)10-13/h2-10,22H,1H3,(H,24,26). The van der Waals surface area contributed by atoms with E-state index in [1.807, 2.05) is 4.72 Å². The summed E-state index contributed by atoms with van der Waals surface area (Å²) in [6.07, 6.45) is 1.47. The molecule has 30 heavy (non-hydrogen) atoms. The number of H-pyrrole nitrogens is 1. The van der Waals surface area contributed by atoms with Gasteiger partial charge < -0.3 is 9.72 Å². The van der Waals surface area contributed by atoms with Crippen molar-refractivity contribution in [1.29, 1.82) is 0 Å². The van der Waals surface area contributed by atoms with E-state index in [9.17, 15) is 13.2 Å². The van der Waals surface area contributed by atoms with E-state index in [0.717, 1.165) is 0 Å². The second-order valence-electron chi connectivity index (χ2n) is 6.37. The Balaban J connectivity index is 1.56. The molecule has 11 heteroatoms. The van der Waals surface area contributed by atoms with Gasteiger partial charge in [-0.15, -0.1) is 0 Å². The Hall–Kier alpha value is -3.01. The number of fused-ring (bicyclic) bond motifs is 1. The first-order valence-electron chi connectivity index (χ1n) is 8.54. The minimum Gasteiger partial charge on any atom is -0.457 e. The van der Waals surface area contributed by atoms with Crippen molar-refractivity contribution < 1.29 is 17.9 Å². The summed E-state index contributed by atoms with van der Waals surface area (Å²) in [5.74, 6) is 0.204. The summed E-state index contributed by atoms with van der Waals surface area (Å²) in [7, 11) is -2.50. The highest BCUT2D eigenvalue weighted by Gasteiger charge is 2.22. The second kappa shape index (κ2) is 7.67. The molecule has 0 radical (unpaired) electrons. The molecule has 2 aromatic carbocycles. The van der Waals surface area contributed by atoms with E-state index in [1.165, 1.54) is 23.0 Å². The molecule has 4 aromatic rings. The molecule has 0 unspecified atom stereocenters. The first kappa shape index (κ1) is 20.3. The van der Waals surface area contributed by atoms with Gasteiger partial charge in [0.1, 0.15) is 17.2 Å². The number of aromatic nitrogens is 3. The van der Waals surface area contributed by atoms with Gasteiger partial charge in [-0.05, 0) is 42.5 Å². The number of hydrogen-bond acceptors (Lipinski definition) is 5. The third-order valence-corrected chi connectivity index (χ3v) is 6.12. The monoisotopic (exact) mass is 464 g/mol. The van der Waals surface area contributed by atoms with E-state index in [2.05, 4.69) is 10.1 Å². The summed E-state index contributed by atoms with van der Waals surface area (Å²) >= 11 is 11.9. The van der Waals surface area contributed by atoms with Gasteiger partial charge in [-0.25, -0.2) is 4.72 Å². The van der Waals surface area contributed by atoms with E-state index in [1.54, 1.807) is 43.4 Å². The van der Waals surface area contributed by atoms with Crippen molar-refractivity contribution in [2.24, 2.45) is 7.05 Å². The lowest BCUT2D eigenvalue weighted by molar-refractivity contribution is 0.0977. The van der Waals surface area contributed by atoms with Crippen molar-refractivity contribution in [3.8, 4) is 11.5 Å². The van der Waals surface area contributed by atoms with Crippen LogP contribution < -0.4 is 9.46 Å². The topological polar surface area (TPSA) is 106 Å². The Labute approximate surface area is 181 Å². The van der Waals surface area contributed by atoms with Gasteiger partial charge >= 0.3 is 0 Å². The van der Waals surface area contributed by atoms with Gasteiger partial charge in [-0.3, -0.25) is 9.48 Å². The Kier molecular flexibility index (Phi) is 5.19. The van der Waals surface area contributed by atoms with Gasteiger partial charge in [-0.2, -0.15) is 13.5 Å². The van der Waals surface area contributed by atoms with Crippen LogP contribution in [-0.4, -0.2) is 29.1 Å². The Morgan fingerprint density at radius 1 is 1.07 bits per heavy atom. The highest BCUT2D eigenvalue weighted by molar-refractivity contribution is 7.90. The van der Waals surface area contributed by atoms with E-state index < -0.39 is 15.9 Å². The molecular formula is C19H14Cl2N4O4S. The Morgan fingerprint density at radius 3 is 2.50 bits per heavy atom. The summed E-state index contributed by atoms with van der Waals surface area (Å²) < 4.78 is 33.7. The van der Waals surface area contributed by atoms with Gasteiger partial charge in [-0.1, -0.05) is 23.2 Å². The predicted molar refractivity (Wildman–Crippen MR) is 113 cm³/mol. The van der Waals surface area contributed by atoms with Gasteiger partial charge in [0.15, 0.2) is 5.03 Å². The number of carbonyl (C=O) groups is 1. The quantitative estimate of drug-likeness (QED) is 0.461. The maximum atomic E-state index is 12.4. The lowest BCUT2D eigenvalue weighted by Crippen LogP contribution is -2.31. The second-order valence-corrected chi connectivity index (χ2v) is 8.82. The number of nitrogens with zero attached hydrogens (tertiary/aromatic N) is 2. The SMILES string of the molecule is Cn1ccc(S(=O)(=O)NC(=O)c2cc3cc(Oc4ccc(Cl)c(Cl)c4)ccc3[nH]2)n1. The van der Waals surface area contributed by atoms with Crippen molar-refractivity contribution >= 4 is 50.0 Å². The molecule has 0 aliphatic carbocycles. The summed E-state index contributed by atoms with van der Waals surface area (Å²) in [6, 6.07) is 12.8. The number of sulfonamides is 1. The number of nitrogens with one attached hydrogen (secondary N) is 2. The van der Waals surface area contributed by atoms with Crippen LogP contribution >= 0.6 is 23.2 Å². The van der Waals surface area contributed by atoms with Gasteiger partial charge in [0.25, 0.3) is 15.9 Å². The van der Waals surface area contributed by atoms with Crippen LogP contribution in [0.2, 0.25) is 10.0 Å². The van der Waals surface area contributed by atoms with Gasteiger partial charge in [0, 0.05) is 30.2 Å². The molecule has 0 saturated carbocycles. The largest absolute Gasteiger partial charge is 0.457 e. The highest BCUT2D eigenvalue weighted by Crippen LogP contribution is 2.31. The molecule has 2 aromatic heterocycles. The van der Waals surface area contributed by atoms with Gasteiger partial charge in [0.2, 0.25) is 0 Å². The number of aromatic amines is 1. The molecule has 2 N–H and O–H groups in total. The van der Waals surface area contributed by atoms with Crippen LogP contribution in [0.4, 0.5) is 0 Å². The molecule has 0 spiro atoms.